The lowest BCUT2D eigenvalue weighted by Crippen LogP contribution is -2.47. The maximum Gasteiger partial charge on any atom is 0.248 e. The molecule has 0 bridgehead atoms. The molecule has 0 saturated carbocycles. The highest BCUT2D eigenvalue weighted by atomic mass is 32.2. The highest BCUT2D eigenvalue weighted by molar-refractivity contribution is 7.89. The molecule has 2 rings (SSSR count). The van der Waals surface area contributed by atoms with Gasteiger partial charge in [-0.05, 0) is 14.0 Å². The van der Waals surface area contributed by atoms with Crippen LogP contribution in [0.3, 0.4) is 0 Å². The Morgan fingerprint density at radius 3 is 2.17 bits per heavy atom. The molecule has 102 valence electrons. The molecule has 7 nitrogen and oxygen atoms in total. The molecule has 1 aliphatic heterocycles. The molecule has 1 aromatic rings. The fourth-order valence-electron chi connectivity index (χ4n) is 2.09. The van der Waals surface area contributed by atoms with Gasteiger partial charge in [-0.3, -0.25) is 4.68 Å². The van der Waals surface area contributed by atoms with Crippen LogP contribution in [0.4, 0.5) is 5.82 Å². The van der Waals surface area contributed by atoms with Crippen LogP contribution in [0.15, 0.2) is 4.90 Å². The summed E-state index contributed by atoms with van der Waals surface area (Å²) in [7, 11) is 0.141. The van der Waals surface area contributed by atoms with Crippen molar-refractivity contribution in [2.24, 2.45) is 7.05 Å². The van der Waals surface area contributed by atoms with Crippen molar-refractivity contribution in [2.45, 2.75) is 11.8 Å². The highest BCUT2D eigenvalue weighted by Gasteiger charge is 2.32. The lowest BCUT2D eigenvalue weighted by Gasteiger charge is -2.31. The summed E-state index contributed by atoms with van der Waals surface area (Å²) in [5.41, 5.74) is 6.29. The number of hydrogen-bond donors (Lipinski definition) is 1. The normalized spacial score (nSPS) is 19.3. The molecule has 0 radical (unpaired) electrons. The van der Waals surface area contributed by atoms with Gasteiger partial charge in [0.25, 0.3) is 0 Å². The van der Waals surface area contributed by atoms with E-state index in [1.54, 1.807) is 14.0 Å². The molecule has 0 unspecified atom stereocenters. The lowest BCUT2D eigenvalue weighted by atomic mass is 10.4. The van der Waals surface area contributed by atoms with E-state index < -0.39 is 10.0 Å². The van der Waals surface area contributed by atoms with Gasteiger partial charge in [-0.25, -0.2) is 8.42 Å². The second-order valence-electron chi connectivity index (χ2n) is 4.63. The first-order valence-electron chi connectivity index (χ1n) is 5.82. The van der Waals surface area contributed by atoms with Gasteiger partial charge in [0.2, 0.25) is 10.0 Å². The Bertz CT molecular complexity index is 543. The van der Waals surface area contributed by atoms with Crippen molar-refractivity contribution >= 4 is 15.8 Å². The molecule has 0 aromatic carbocycles. The quantitative estimate of drug-likeness (QED) is 0.766. The van der Waals surface area contributed by atoms with Crippen LogP contribution >= 0.6 is 0 Å². The minimum absolute atomic E-state index is 0.0777. The van der Waals surface area contributed by atoms with E-state index in [2.05, 4.69) is 10.00 Å². The maximum atomic E-state index is 12.5. The summed E-state index contributed by atoms with van der Waals surface area (Å²) in [5.74, 6) is 0.0777. The number of nitrogens with two attached hydrogens (primary N) is 1. The lowest BCUT2D eigenvalue weighted by molar-refractivity contribution is 0.222. The van der Waals surface area contributed by atoms with Crippen molar-refractivity contribution in [3.63, 3.8) is 0 Å². The predicted molar refractivity (Wildman–Crippen MR) is 68.6 cm³/mol. The summed E-state index contributed by atoms with van der Waals surface area (Å²) in [5, 5.41) is 3.96. The summed E-state index contributed by atoms with van der Waals surface area (Å²) in [6.45, 7) is 4.17. The van der Waals surface area contributed by atoms with Gasteiger partial charge in [0.05, 0.1) is 5.69 Å². The maximum absolute atomic E-state index is 12.5. The number of aryl methyl sites for hydroxylation is 1. The first-order chi connectivity index (χ1) is 8.34. The molecule has 1 fully saturated rings. The molecule has 8 heteroatoms. The fraction of sp³-hybridized carbons (Fsp3) is 0.700. The molecule has 0 spiro atoms. The van der Waals surface area contributed by atoms with Gasteiger partial charge >= 0.3 is 0 Å². The van der Waals surface area contributed by atoms with Crippen LogP contribution in [-0.2, 0) is 17.1 Å². The smallest absolute Gasteiger partial charge is 0.248 e. The molecule has 1 aliphatic rings. The predicted octanol–water partition coefficient (Wildman–Crippen LogP) is -0.753. The van der Waals surface area contributed by atoms with Crippen LogP contribution in [0.5, 0.6) is 0 Å². The second kappa shape index (κ2) is 4.52. The number of rotatable bonds is 2. The number of aromatic nitrogens is 2. The first-order valence-corrected chi connectivity index (χ1v) is 7.26. The van der Waals surface area contributed by atoms with Crippen LogP contribution in [0, 0.1) is 6.92 Å². The summed E-state index contributed by atoms with van der Waals surface area (Å²) in [6, 6.07) is 0. The SMILES string of the molecule is Cc1c(S(=O)(=O)N2CCN(C)CC2)c(N)nn1C. The van der Waals surface area contributed by atoms with Gasteiger partial charge in [-0.15, -0.1) is 0 Å². The number of sulfonamides is 1. The topological polar surface area (TPSA) is 84.5 Å². The average molecular weight is 273 g/mol. The summed E-state index contributed by atoms with van der Waals surface area (Å²) in [4.78, 5) is 2.25. The van der Waals surface area contributed by atoms with Crippen molar-refractivity contribution in [3.8, 4) is 0 Å². The minimum atomic E-state index is -3.53. The fourth-order valence-corrected chi connectivity index (χ4v) is 3.80. The Labute approximate surface area is 107 Å². The molecule has 0 atom stereocenters. The Kier molecular flexibility index (Phi) is 3.35. The van der Waals surface area contributed by atoms with Crippen LogP contribution in [0.2, 0.25) is 0 Å². The van der Waals surface area contributed by atoms with Crippen LogP contribution < -0.4 is 5.73 Å². The van der Waals surface area contributed by atoms with Crippen molar-refractivity contribution < 1.29 is 8.42 Å². The number of anilines is 1. The monoisotopic (exact) mass is 273 g/mol. The highest BCUT2D eigenvalue weighted by Crippen LogP contribution is 2.25. The van der Waals surface area contributed by atoms with Gasteiger partial charge in [-0.1, -0.05) is 0 Å². The van der Waals surface area contributed by atoms with Gasteiger partial charge < -0.3 is 10.6 Å². The molecule has 0 amide bonds. The zero-order chi connectivity index (χ0) is 13.5. The number of hydrogen-bond acceptors (Lipinski definition) is 5. The molecule has 2 heterocycles. The molecular weight excluding hydrogens is 254 g/mol. The third kappa shape index (κ3) is 2.11. The van der Waals surface area contributed by atoms with Crippen molar-refractivity contribution in [2.75, 3.05) is 39.0 Å². The Hall–Kier alpha value is -1.12. The van der Waals surface area contributed by atoms with E-state index >= 15 is 0 Å². The summed E-state index contributed by atoms with van der Waals surface area (Å²) in [6.07, 6.45) is 0. The van der Waals surface area contributed by atoms with Crippen molar-refractivity contribution in [3.05, 3.63) is 5.69 Å². The number of likely N-dealkylation sites (N-methyl/N-ethyl adjacent to an activating group) is 1. The molecule has 18 heavy (non-hydrogen) atoms. The Morgan fingerprint density at radius 1 is 1.17 bits per heavy atom. The Morgan fingerprint density at radius 2 is 1.72 bits per heavy atom. The van der Waals surface area contributed by atoms with E-state index in [0.717, 1.165) is 13.1 Å². The standard InChI is InChI=1S/C10H19N5O2S/c1-8-9(10(11)12-14(8)3)18(16,17)15-6-4-13(2)5-7-15/h4-7H2,1-3H3,(H2,11,12). The third-order valence-corrected chi connectivity index (χ3v) is 5.43. The Balaban J connectivity index is 2.37. The number of nitrogen functional groups attached to an aromatic ring is 1. The second-order valence-corrected chi connectivity index (χ2v) is 6.51. The van der Waals surface area contributed by atoms with Crippen molar-refractivity contribution in [1.82, 2.24) is 19.0 Å². The van der Waals surface area contributed by atoms with E-state index in [0.29, 0.717) is 18.8 Å². The first kappa shape index (κ1) is 13.3. The molecule has 1 aromatic heterocycles. The molecule has 0 aliphatic carbocycles. The minimum Gasteiger partial charge on any atom is -0.381 e. The molecular formula is C10H19N5O2S. The zero-order valence-corrected chi connectivity index (χ0v) is 11.7. The number of piperazine rings is 1. The van der Waals surface area contributed by atoms with Gasteiger partial charge in [0.15, 0.2) is 5.82 Å². The van der Waals surface area contributed by atoms with E-state index in [1.165, 1.54) is 8.99 Å². The zero-order valence-electron chi connectivity index (χ0n) is 10.9. The van der Waals surface area contributed by atoms with Crippen LogP contribution in [0.25, 0.3) is 0 Å². The van der Waals surface area contributed by atoms with Gasteiger partial charge in [0, 0.05) is 33.2 Å². The largest absolute Gasteiger partial charge is 0.381 e. The van der Waals surface area contributed by atoms with E-state index in [1.807, 2.05) is 7.05 Å². The third-order valence-electron chi connectivity index (χ3n) is 3.36. The number of nitrogens with zero attached hydrogens (tertiary/aromatic N) is 4. The molecule has 2 N–H and O–H groups in total. The van der Waals surface area contributed by atoms with E-state index in [-0.39, 0.29) is 10.7 Å². The van der Waals surface area contributed by atoms with Gasteiger partial charge in [-0.2, -0.15) is 9.40 Å². The molecule has 1 saturated heterocycles. The summed E-state index contributed by atoms with van der Waals surface area (Å²) >= 11 is 0. The summed E-state index contributed by atoms with van der Waals surface area (Å²) < 4.78 is 28.0. The van der Waals surface area contributed by atoms with E-state index in [9.17, 15) is 8.42 Å². The van der Waals surface area contributed by atoms with E-state index in [4.69, 9.17) is 5.73 Å². The average Bonchev–Trinajstić information content (AvgIpc) is 2.54. The van der Waals surface area contributed by atoms with Crippen LogP contribution in [-0.4, -0.2) is 60.6 Å². The van der Waals surface area contributed by atoms with Crippen molar-refractivity contribution in [1.29, 1.82) is 0 Å². The van der Waals surface area contributed by atoms with Crippen LogP contribution in [0.1, 0.15) is 5.69 Å². The van der Waals surface area contributed by atoms with Gasteiger partial charge in [0.1, 0.15) is 4.90 Å².